The molecule has 0 bridgehead atoms. The molecule has 0 radical (unpaired) electrons. The first-order chi connectivity index (χ1) is 8.81. The van der Waals surface area contributed by atoms with E-state index in [2.05, 4.69) is 5.32 Å². The molecule has 108 valence electrons. The first kappa shape index (κ1) is 14.1. The van der Waals surface area contributed by atoms with Crippen LogP contribution >= 0.6 is 0 Å². The fourth-order valence-electron chi connectivity index (χ4n) is 2.43. The van der Waals surface area contributed by atoms with Crippen molar-refractivity contribution in [1.29, 1.82) is 0 Å². The maximum absolute atomic E-state index is 11.8. The summed E-state index contributed by atoms with van der Waals surface area (Å²) < 4.78 is 15.9. The zero-order chi connectivity index (χ0) is 14.1. The van der Waals surface area contributed by atoms with Crippen molar-refractivity contribution in [2.75, 3.05) is 13.2 Å². The molecule has 0 aliphatic carbocycles. The van der Waals surface area contributed by atoms with Crippen LogP contribution in [0.3, 0.4) is 0 Å². The number of alkyl carbamates (subject to hydrolysis) is 1. The molecule has 6 nitrogen and oxygen atoms in total. The van der Waals surface area contributed by atoms with Crippen LogP contribution in [0.1, 0.15) is 40.0 Å². The minimum atomic E-state index is -0.863. The summed E-state index contributed by atoms with van der Waals surface area (Å²) in [6.45, 7) is 6.14. The minimum Gasteiger partial charge on any atom is -0.461 e. The van der Waals surface area contributed by atoms with E-state index in [1.54, 1.807) is 20.8 Å². The van der Waals surface area contributed by atoms with Crippen LogP contribution in [-0.2, 0) is 19.0 Å². The Bertz CT molecular complexity index is 368. The van der Waals surface area contributed by atoms with Crippen molar-refractivity contribution in [3.05, 3.63) is 0 Å². The van der Waals surface area contributed by atoms with Crippen molar-refractivity contribution in [2.24, 2.45) is 0 Å². The quantitative estimate of drug-likeness (QED) is 0.729. The van der Waals surface area contributed by atoms with E-state index in [0.29, 0.717) is 19.4 Å². The van der Waals surface area contributed by atoms with Crippen molar-refractivity contribution in [2.45, 2.75) is 57.3 Å². The summed E-state index contributed by atoms with van der Waals surface area (Å²) >= 11 is 0. The molecule has 2 heterocycles. The van der Waals surface area contributed by atoms with E-state index < -0.39 is 17.3 Å². The van der Waals surface area contributed by atoms with Gasteiger partial charge in [0.1, 0.15) is 12.2 Å². The summed E-state index contributed by atoms with van der Waals surface area (Å²) in [5.74, 6) is -0.313. The van der Waals surface area contributed by atoms with E-state index in [-0.39, 0.29) is 18.6 Å². The van der Waals surface area contributed by atoms with E-state index in [4.69, 9.17) is 14.2 Å². The van der Waals surface area contributed by atoms with Gasteiger partial charge >= 0.3 is 12.1 Å². The number of hydrogen-bond donors (Lipinski definition) is 1. The van der Waals surface area contributed by atoms with Gasteiger partial charge in [-0.3, -0.25) is 0 Å². The Balaban J connectivity index is 1.92. The van der Waals surface area contributed by atoms with E-state index in [1.165, 1.54) is 0 Å². The lowest BCUT2D eigenvalue weighted by Gasteiger charge is -2.35. The predicted octanol–water partition coefficient (Wildman–Crippen LogP) is 1.38. The molecule has 0 aromatic rings. The number of esters is 1. The van der Waals surface area contributed by atoms with Crippen molar-refractivity contribution < 1.29 is 23.8 Å². The van der Waals surface area contributed by atoms with Crippen LogP contribution in [-0.4, -0.2) is 42.5 Å². The lowest BCUT2D eigenvalue weighted by Crippen LogP contribution is -2.54. The number of amides is 1. The summed E-state index contributed by atoms with van der Waals surface area (Å²) in [7, 11) is 0. The number of rotatable bonds is 1. The van der Waals surface area contributed by atoms with Gasteiger partial charge in [-0.15, -0.1) is 0 Å². The lowest BCUT2D eigenvalue weighted by molar-refractivity contribution is -0.177. The Kier molecular flexibility index (Phi) is 3.71. The summed E-state index contributed by atoms with van der Waals surface area (Å²) in [4.78, 5) is 23.5. The van der Waals surface area contributed by atoms with Crippen molar-refractivity contribution in [3.8, 4) is 0 Å². The van der Waals surface area contributed by atoms with Crippen molar-refractivity contribution >= 4 is 12.1 Å². The Morgan fingerprint density at radius 2 is 2.21 bits per heavy atom. The Morgan fingerprint density at radius 1 is 1.47 bits per heavy atom. The topological polar surface area (TPSA) is 73.9 Å². The monoisotopic (exact) mass is 271 g/mol. The van der Waals surface area contributed by atoms with Gasteiger partial charge in [-0.25, -0.2) is 9.59 Å². The zero-order valence-electron chi connectivity index (χ0n) is 11.7. The Hall–Kier alpha value is -1.30. The molecular formula is C13H21NO5. The molecule has 0 aromatic carbocycles. The highest BCUT2D eigenvalue weighted by Crippen LogP contribution is 2.34. The number of cyclic esters (lactones) is 1. The second-order valence-corrected chi connectivity index (χ2v) is 6.09. The average Bonchev–Trinajstić information content (AvgIpc) is 2.70. The maximum atomic E-state index is 11.8. The number of nitrogens with one attached hydrogen (secondary N) is 1. The fraction of sp³-hybridized carbons (Fsp3) is 0.846. The average molecular weight is 271 g/mol. The van der Waals surface area contributed by atoms with E-state index in [9.17, 15) is 9.59 Å². The van der Waals surface area contributed by atoms with E-state index in [0.717, 1.165) is 6.42 Å². The largest absolute Gasteiger partial charge is 0.461 e. The normalized spacial score (nSPS) is 31.1. The van der Waals surface area contributed by atoms with Crippen LogP contribution < -0.4 is 5.32 Å². The highest BCUT2D eigenvalue weighted by Gasteiger charge is 2.49. The highest BCUT2D eigenvalue weighted by molar-refractivity contribution is 5.81. The molecular weight excluding hydrogens is 250 g/mol. The second kappa shape index (κ2) is 5.00. The summed E-state index contributed by atoms with van der Waals surface area (Å²) in [6.07, 6.45) is 1.45. The zero-order valence-corrected chi connectivity index (χ0v) is 11.7. The molecule has 0 saturated carbocycles. The lowest BCUT2D eigenvalue weighted by atomic mass is 9.90. The van der Waals surface area contributed by atoms with E-state index >= 15 is 0 Å². The highest BCUT2D eigenvalue weighted by atomic mass is 16.6. The first-order valence-corrected chi connectivity index (χ1v) is 6.61. The summed E-state index contributed by atoms with van der Waals surface area (Å²) in [5, 5.41) is 2.73. The van der Waals surface area contributed by atoms with Crippen LogP contribution in [0, 0.1) is 0 Å². The third-order valence-electron chi connectivity index (χ3n) is 3.19. The molecule has 0 aromatic heterocycles. The summed E-state index contributed by atoms with van der Waals surface area (Å²) in [6, 6.07) is -0.259. The van der Waals surface area contributed by atoms with Gasteiger partial charge in [0, 0.05) is 13.0 Å². The van der Waals surface area contributed by atoms with Crippen LogP contribution in [0.5, 0.6) is 0 Å². The van der Waals surface area contributed by atoms with Crippen molar-refractivity contribution in [1.82, 2.24) is 5.32 Å². The van der Waals surface area contributed by atoms with Crippen LogP contribution in [0.2, 0.25) is 0 Å². The van der Waals surface area contributed by atoms with Gasteiger partial charge in [0.15, 0.2) is 5.60 Å². The number of ether oxygens (including phenoxy) is 3. The third kappa shape index (κ3) is 3.37. The van der Waals surface area contributed by atoms with Gasteiger partial charge in [0.2, 0.25) is 0 Å². The van der Waals surface area contributed by atoms with Gasteiger partial charge in [0.25, 0.3) is 0 Å². The van der Waals surface area contributed by atoms with Gasteiger partial charge in [-0.2, -0.15) is 0 Å². The molecule has 2 aliphatic rings. The molecule has 2 aliphatic heterocycles. The molecule has 1 N–H and O–H groups in total. The predicted molar refractivity (Wildman–Crippen MR) is 66.7 cm³/mol. The maximum Gasteiger partial charge on any atom is 0.407 e. The molecule has 19 heavy (non-hydrogen) atoms. The smallest absolute Gasteiger partial charge is 0.407 e. The molecule has 2 atom stereocenters. The molecule has 6 heteroatoms. The third-order valence-corrected chi connectivity index (χ3v) is 3.19. The van der Waals surface area contributed by atoms with Crippen LogP contribution in [0.25, 0.3) is 0 Å². The van der Waals surface area contributed by atoms with Gasteiger partial charge in [0.05, 0.1) is 6.04 Å². The Labute approximate surface area is 112 Å². The van der Waals surface area contributed by atoms with Gasteiger partial charge in [-0.05, 0) is 33.6 Å². The van der Waals surface area contributed by atoms with Crippen molar-refractivity contribution in [3.63, 3.8) is 0 Å². The first-order valence-electron chi connectivity index (χ1n) is 6.61. The minimum absolute atomic E-state index is 0.170. The van der Waals surface area contributed by atoms with Crippen LogP contribution in [0.15, 0.2) is 0 Å². The number of carbonyl (C=O) groups is 2. The molecule has 2 saturated heterocycles. The number of hydrogen-bond acceptors (Lipinski definition) is 5. The van der Waals surface area contributed by atoms with Gasteiger partial charge < -0.3 is 19.5 Å². The second-order valence-electron chi connectivity index (χ2n) is 6.09. The molecule has 1 amide bonds. The van der Waals surface area contributed by atoms with Crippen LogP contribution in [0.4, 0.5) is 4.79 Å². The summed E-state index contributed by atoms with van der Waals surface area (Å²) in [5.41, 5.74) is -1.41. The van der Waals surface area contributed by atoms with E-state index in [1.807, 2.05) is 0 Å². The SMILES string of the molecule is CC(C)(C)OC(=O)N[C@H]1COC(=O)[C@]2(CCCO2)C1. The molecule has 0 unspecified atom stereocenters. The fourth-order valence-corrected chi connectivity index (χ4v) is 2.43. The Morgan fingerprint density at radius 3 is 2.79 bits per heavy atom. The number of carbonyl (C=O) groups excluding carboxylic acids is 2. The molecule has 2 rings (SSSR count). The molecule has 1 spiro atoms. The molecule has 2 fully saturated rings. The standard InChI is InChI=1S/C13H21NO5/c1-12(2,3)19-11(16)14-9-7-13(5-4-6-18-13)10(15)17-8-9/h9H,4-8H2,1-3H3,(H,14,16)/t9-,13+/m1/s1. The van der Waals surface area contributed by atoms with Gasteiger partial charge in [-0.1, -0.05) is 0 Å².